The number of rotatable bonds is 8. The van der Waals surface area contributed by atoms with Gasteiger partial charge in [0.15, 0.2) is 23.2 Å². The number of aromatic nitrogens is 5. The average Bonchev–Trinajstić information content (AvgIpc) is 3.81. The van der Waals surface area contributed by atoms with Gasteiger partial charge < -0.3 is 43.2 Å². The molecule has 0 bridgehead atoms. The summed E-state index contributed by atoms with van der Waals surface area (Å²) in [5.74, 6) is -0.729. The molecule has 2 N–H and O–H groups in total. The van der Waals surface area contributed by atoms with Crippen LogP contribution in [0.3, 0.4) is 0 Å². The van der Waals surface area contributed by atoms with Crippen LogP contribution >= 0.6 is 0 Å². The number of fused-ring (bicyclic) bond motifs is 3. The van der Waals surface area contributed by atoms with Crippen molar-refractivity contribution in [1.82, 2.24) is 34.1 Å². The summed E-state index contributed by atoms with van der Waals surface area (Å²) >= 11 is 0. The minimum absolute atomic E-state index is 0.0170. The van der Waals surface area contributed by atoms with Crippen LogP contribution in [0.1, 0.15) is 45.6 Å². The van der Waals surface area contributed by atoms with Crippen LogP contribution in [0.15, 0.2) is 38.5 Å². The number of likely N-dealkylation sites (N-methyl/N-ethyl adjacent to an activating group) is 1. The highest BCUT2D eigenvalue weighted by Crippen LogP contribution is 2.46. The van der Waals surface area contributed by atoms with E-state index in [1.165, 1.54) is 26.3 Å². The van der Waals surface area contributed by atoms with E-state index in [1.54, 1.807) is 20.6 Å². The lowest BCUT2D eigenvalue weighted by Crippen LogP contribution is -2.48. The molecule has 4 fully saturated rings. The first-order valence-corrected chi connectivity index (χ1v) is 20.0. The van der Waals surface area contributed by atoms with E-state index in [9.17, 15) is 19.2 Å². The number of pyridine rings is 3. The first-order valence-electron chi connectivity index (χ1n) is 20.0. The molecule has 1 aliphatic carbocycles. The predicted octanol–water partition coefficient (Wildman–Crippen LogP) is 4.25. The zero-order valence-corrected chi connectivity index (χ0v) is 33.3. The van der Waals surface area contributed by atoms with Gasteiger partial charge in [0.2, 0.25) is 16.8 Å². The molecule has 0 spiro atoms. The van der Waals surface area contributed by atoms with E-state index in [1.807, 2.05) is 16.4 Å². The summed E-state index contributed by atoms with van der Waals surface area (Å²) in [5, 5.41) is 12.9. The lowest BCUT2D eigenvalue weighted by atomic mass is 9.93. The number of nitrogens with one attached hydrogen (secondary N) is 2. The smallest absolute Gasteiger partial charge is 0.327 e. The van der Waals surface area contributed by atoms with E-state index >= 15 is 8.78 Å². The highest BCUT2D eigenvalue weighted by atomic mass is 19.1. The van der Waals surface area contributed by atoms with E-state index < -0.39 is 28.5 Å². The van der Waals surface area contributed by atoms with Gasteiger partial charge in [-0.05, 0) is 64.3 Å². The van der Waals surface area contributed by atoms with E-state index in [2.05, 4.69) is 37.8 Å². The minimum atomic E-state index is -0.908. The third-order valence-electron chi connectivity index (χ3n) is 12.2. The molecule has 1 saturated carbocycles. The number of methoxy groups -OCH3 is 1. The average molecular weight is 814 g/mol. The maximum atomic E-state index is 16.2. The summed E-state index contributed by atoms with van der Waals surface area (Å²) in [6.07, 6.45) is 6.90. The fourth-order valence-corrected chi connectivity index (χ4v) is 9.01. The highest BCUT2D eigenvalue weighted by molar-refractivity contribution is 5.99. The van der Waals surface area contributed by atoms with Crippen molar-refractivity contribution in [3.63, 3.8) is 0 Å². The second kappa shape index (κ2) is 14.9. The molecule has 2 atom stereocenters. The summed E-state index contributed by atoms with van der Waals surface area (Å²) < 4.78 is 46.9. The molecule has 3 aliphatic heterocycles. The van der Waals surface area contributed by atoms with Gasteiger partial charge in [-0.2, -0.15) is 0 Å². The Morgan fingerprint density at radius 3 is 2.39 bits per heavy atom. The molecule has 3 amide bonds. The summed E-state index contributed by atoms with van der Waals surface area (Å²) in [4.78, 5) is 64.9. The maximum Gasteiger partial charge on any atom is 0.327 e. The molecule has 17 nitrogen and oxygen atoms in total. The molecule has 5 aromatic rings. The number of piperidine rings is 1. The zero-order chi connectivity index (χ0) is 41.3. The van der Waals surface area contributed by atoms with Crippen molar-refractivity contribution < 1.29 is 27.5 Å². The molecule has 9 rings (SSSR count). The van der Waals surface area contributed by atoms with Crippen molar-refractivity contribution >= 4 is 57.1 Å². The third kappa shape index (κ3) is 6.79. The van der Waals surface area contributed by atoms with Crippen LogP contribution in [0, 0.1) is 17.6 Å². The Morgan fingerprint density at radius 1 is 0.932 bits per heavy atom. The normalized spacial score (nSPS) is 19.7. The zero-order valence-electron chi connectivity index (χ0n) is 33.3. The molecular weight excluding hydrogens is 769 g/mol. The van der Waals surface area contributed by atoms with Crippen LogP contribution < -0.4 is 36.0 Å². The fourth-order valence-electron chi connectivity index (χ4n) is 9.01. The van der Waals surface area contributed by atoms with Crippen LogP contribution in [-0.4, -0.2) is 112 Å². The second-order valence-corrected chi connectivity index (χ2v) is 15.8. The van der Waals surface area contributed by atoms with Gasteiger partial charge in [-0.3, -0.25) is 19.7 Å². The molecule has 2 unspecified atom stereocenters. The molecular formula is C40H45F2N11O6. The number of hydrogen-bond donors (Lipinski definition) is 2. The first-order chi connectivity index (χ1) is 28.4. The Balaban J connectivity index is 0.975. The number of ether oxygens (including phenoxy) is 1. The van der Waals surface area contributed by atoms with Gasteiger partial charge in [0.05, 0.1) is 23.4 Å². The molecule has 3 saturated heterocycles. The lowest BCUT2D eigenvalue weighted by molar-refractivity contribution is -0.129. The number of amides is 3. The second-order valence-electron chi connectivity index (χ2n) is 15.8. The van der Waals surface area contributed by atoms with Gasteiger partial charge in [-0.1, -0.05) is 5.10 Å². The summed E-state index contributed by atoms with van der Waals surface area (Å²) in [5.41, 5.74) is -0.271. The molecule has 4 aliphatic rings. The van der Waals surface area contributed by atoms with E-state index in [4.69, 9.17) is 9.15 Å². The van der Waals surface area contributed by atoms with Gasteiger partial charge in [-0.15, -0.1) is 5.10 Å². The first kappa shape index (κ1) is 38.4. The number of nitrogens with zero attached hydrogens (tertiary/aromatic N) is 9. The largest absolute Gasteiger partial charge is 0.492 e. The number of benzene rings is 1. The monoisotopic (exact) mass is 813 g/mol. The van der Waals surface area contributed by atoms with Crippen LogP contribution in [0.2, 0.25) is 0 Å². The highest BCUT2D eigenvalue weighted by Gasteiger charge is 2.40. The summed E-state index contributed by atoms with van der Waals surface area (Å²) in [7, 11) is 3.60. The van der Waals surface area contributed by atoms with Gasteiger partial charge in [0, 0.05) is 77.2 Å². The molecule has 0 radical (unpaired) electrons. The van der Waals surface area contributed by atoms with Crippen molar-refractivity contribution in [2.24, 2.45) is 5.92 Å². The van der Waals surface area contributed by atoms with Gasteiger partial charge in [-0.25, -0.2) is 18.6 Å². The fraction of sp³-hybridized carbons (Fsp3) is 0.475. The van der Waals surface area contributed by atoms with Crippen LogP contribution in [-0.2, 0) is 11.3 Å². The van der Waals surface area contributed by atoms with Crippen molar-refractivity contribution in [2.75, 3.05) is 80.4 Å². The quantitative estimate of drug-likeness (QED) is 0.228. The number of carbonyl (C=O) groups excluding carboxylic acids is 2. The number of anilines is 4. The van der Waals surface area contributed by atoms with Crippen LogP contribution in [0.4, 0.5) is 36.8 Å². The van der Waals surface area contributed by atoms with Crippen molar-refractivity contribution in [2.45, 2.75) is 58.2 Å². The molecule has 4 aromatic heterocycles. The molecule has 310 valence electrons. The van der Waals surface area contributed by atoms with E-state index in [-0.39, 0.29) is 57.3 Å². The lowest BCUT2D eigenvalue weighted by Gasteiger charge is -2.35. The van der Waals surface area contributed by atoms with Crippen molar-refractivity contribution in [3.8, 4) is 17.2 Å². The van der Waals surface area contributed by atoms with Gasteiger partial charge >= 0.3 is 12.0 Å². The Labute approximate surface area is 336 Å². The number of halogens is 2. The van der Waals surface area contributed by atoms with E-state index in [0.29, 0.717) is 74.7 Å². The summed E-state index contributed by atoms with van der Waals surface area (Å²) in [6, 6.07) is 1.44. The predicted molar refractivity (Wildman–Crippen MR) is 216 cm³/mol. The number of aryl methyl sites for hydroxylation is 1. The number of hydrogen-bond acceptors (Lipinski definition) is 12. The molecule has 1 aromatic carbocycles. The van der Waals surface area contributed by atoms with Crippen molar-refractivity contribution in [1.29, 1.82) is 0 Å². The Bertz CT molecular complexity index is 2630. The maximum absolute atomic E-state index is 16.2. The third-order valence-corrected chi connectivity index (χ3v) is 12.2. The number of urea groups is 1. The topological polar surface area (TPSA) is 176 Å². The van der Waals surface area contributed by atoms with E-state index in [0.717, 1.165) is 38.3 Å². The summed E-state index contributed by atoms with van der Waals surface area (Å²) in [6.45, 7) is 7.60. The Morgan fingerprint density at radius 2 is 1.69 bits per heavy atom. The van der Waals surface area contributed by atoms with Gasteiger partial charge in [0.25, 0.3) is 5.89 Å². The van der Waals surface area contributed by atoms with Crippen molar-refractivity contribution in [3.05, 3.63) is 56.6 Å². The Kier molecular flexibility index (Phi) is 9.72. The minimum Gasteiger partial charge on any atom is -0.492 e. The molecule has 59 heavy (non-hydrogen) atoms. The number of carbonyl (C=O) groups is 2. The molecule has 19 heteroatoms. The molecule has 7 heterocycles. The number of piperazine rings is 1. The Hall–Kier alpha value is -6.11. The number of likely N-dealkylation sites (tertiary alicyclic amines) is 1. The SMILES string of the molecule is CCn1cc(NC(=O)Nc2nnc(-c3cn(C4CC4)c4c(OC)c(N5CC6CCCN(C)C6C5)c(F)cc4c3=O)o2)c(=O)c2cc(F)c(N3CCN(C(C)=O)CC3)nc21. The van der Waals surface area contributed by atoms with Crippen LogP contribution in [0.5, 0.6) is 5.75 Å². The standard InChI is InChI=1S/C40H45F2N11O6/c1-5-49-19-29(34(56)25-16-28(42)37(44-36(25)49)51-13-11-50(12-14-51)21(2)54)43-39(57)45-40-47-46-38(59-40)26-18-53(23-8-9-23)31-24(33(26)55)15-27(41)32(35(31)58-4)52-17-22-7-6-10-48(3)30(22)20-52/h15-16,18-19,22-23,30H,5-14,17,20H2,1-4H3,(H2,43,45,47,57). The van der Waals surface area contributed by atoms with Gasteiger partial charge in [0.1, 0.15) is 22.6 Å². The van der Waals surface area contributed by atoms with Crippen LogP contribution in [0.25, 0.3) is 33.4 Å².